The Morgan fingerprint density at radius 1 is 1.19 bits per heavy atom. The van der Waals surface area contributed by atoms with Crippen molar-refractivity contribution < 1.29 is 13.2 Å². The monoisotopic (exact) mass is 244 g/mol. The largest absolute Gasteiger partial charge is 0.319 e. The molecule has 2 N–H and O–H groups in total. The molecule has 0 saturated carbocycles. The van der Waals surface area contributed by atoms with Gasteiger partial charge in [0.1, 0.15) is 0 Å². The Hall–Kier alpha value is -1.40. The van der Waals surface area contributed by atoms with E-state index in [-0.39, 0.29) is 5.56 Å². The van der Waals surface area contributed by atoms with Gasteiger partial charge >= 0.3 is 0 Å². The lowest BCUT2D eigenvalue weighted by molar-refractivity contribution is 0.438. The van der Waals surface area contributed by atoms with Crippen LogP contribution in [0.1, 0.15) is 17.3 Å². The van der Waals surface area contributed by atoms with Crippen LogP contribution in [0.5, 0.6) is 0 Å². The molecule has 2 rings (SSSR count). The topological polar surface area (TPSA) is 38.9 Å². The standard InChI is InChI=1S/C10H7F3N2S/c11-6-2-1-5(8(12)9(6)13)10(14)7-3-16-4-15-7/h1-4,10H,14H2. The summed E-state index contributed by atoms with van der Waals surface area (Å²) in [5.74, 6) is -4.00. The van der Waals surface area contributed by atoms with Gasteiger partial charge in [0.25, 0.3) is 0 Å². The van der Waals surface area contributed by atoms with Gasteiger partial charge in [-0.05, 0) is 6.07 Å². The van der Waals surface area contributed by atoms with E-state index in [2.05, 4.69) is 4.98 Å². The molecule has 0 amide bonds. The second-order valence-corrected chi connectivity index (χ2v) is 3.87. The first kappa shape index (κ1) is 11.1. The Kier molecular flexibility index (Phi) is 2.93. The van der Waals surface area contributed by atoms with E-state index >= 15 is 0 Å². The van der Waals surface area contributed by atoms with E-state index in [0.29, 0.717) is 5.69 Å². The number of hydrogen-bond donors (Lipinski definition) is 1. The number of hydrogen-bond acceptors (Lipinski definition) is 3. The minimum Gasteiger partial charge on any atom is -0.319 e. The van der Waals surface area contributed by atoms with Crippen LogP contribution in [-0.2, 0) is 0 Å². The number of aromatic nitrogens is 1. The molecule has 1 aromatic carbocycles. The van der Waals surface area contributed by atoms with Crippen LogP contribution in [0, 0.1) is 17.5 Å². The molecule has 2 nitrogen and oxygen atoms in total. The summed E-state index contributed by atoms with van der Waals surface area (Å²) >= 11 is 1.29. The fourth-order valence-electron chi connectivity index (χ4n) is 1.32. The lowest BCUT2D eigenvalue weighted by atomic mass is 10.0. The molecule has 1 unspecified atom stereocenters. The number of nitrogens with zero attached hydrogens (tertiary/aromatic N) is 1. The van der Waals surface area contributed by atoms with Gasteiger partial charge in [-0.2, -0.15) is 0 Å². The zero-order valence-corrected chi connectivity index (χ0v) is 8.77. The Labute approximate surface area is 93.5 Å². The minimum absolute atomic E-state index is 0.107. The summed E-state index contributed by atoms with van der Waals surface area (Å²) < 4.78 is 39.1. The summed E-state index contributed by atoms with van der Waals surface area (Å²) in [5.41, 5.74) is 7.55. The third-order valence-electron chi connectivity index (χ3n) is 2.17. The van der Waals surface area contributed by atoms with Crippen LogP contribution >= 0.6 is 11.3 Å². The quantitative estimate of drug-likeness (QED) is 0.825. The second kappa shape index (κ2) is 4.23. The molecule has 0 spiro atoms. The minimum atomic E-state index is -1.51. The molecule has 0 fully saturated rings. The van der Waals surface area contributed by atoms with Crippen LogP contribution < -0.4 is 5.73 Å². The summed E-state index contributed by atoms with van der Waals surface area (Å²) in [6.45, 7) is 0. The second-order valence-electron chi connectivity index (χ2n) is 3.16. The summed E-state index contributed by atoms with van der Waals surface area (Å²) in [5, 5.41) is 1.63. The number of benzene rings is 1. The van der Waals surface area contributed by atoms with Crippen molar-refractivity contribution in [2.45, 2.75) is 6.04 Å². The van der Waals surface area contributed by atoms with Crippen molar-refractivity contribution >= 4 is 11.3 Å². The molecule has 6 heteroatoms. The molecule has 1 atom stereocenters. The fraction of sp³-hybridized carbons (Fsp3) is 0.100. The Morgan fingerprint density at radius 2 is 1.94 bits per heavy atom. The molecule has 1 heterocycles. The molecule has 0 radical (unpaired) electrons. The lowest BCUT2D eigenvalue weighted by Gasteiger charge is -2.10. The molecule has 0 bridgehead atoms. The van der Waals surface area contributed by atoms with Gasteiger partial charge in [-0.1, -0.05) is 6.07 Å². The lowest BCUT2D eigenvalue weighted by Crippen LogP contribution is -2.15. The Bertz CT molecular complexity index is 499. The number of rotatable bonds is 2. The summed E-state index contributed by atoms with van der Waals surface area (Å²) in [6.07, 6.45) is 0. The van der Waals surface area contributed by atoms with E-state index in [0.717, 1.165) is 12.1 Å². The van der Waals surface area contributed by atoms with E-state index in [1.54, 1.807) is 5.38 Å². The van der Waals surface area contributed by atoms with Crippen molar-refractivity contribution in [3.05, 3.63) is 51.7 Å². The van der Waals surface area contributed by atoms with Crippen molar-refractivity contribution in [2.75, 3.05) is 0 Å². The van der Waals surface area contributed by atoms with E-state index in [9.17, 15) is 13.2 Å². The van der Waals surface area contributed by atoms with E-state index in [1.807, 2.05) is 0 Å². The Balaban J connectivity index is 2.45. The maximum Gasteiger partial charge on any atom is 0.194 e. The van der Waals surface area contributed by atoms with Crippen molar-refractivity contribution in [2.24, 2.45) is 5.73 Å². The zero-order chi connectivity index (χ0) is 11.7. The number of halogens is 3. The predicted octanol–water partition coefficient (Wildman–Crippen LogP) is 2.61. The molecule has 0 aliphatic heterocycles. The van der Waals surface area contributed by atoms with Crippen molar-refractivity contribution in [3.8, 4) is 0 Å². The zero-order valence-electron chi connectivity index (χ0n) is 7.95. The molecule has 2 aromatic rings. The third-order valence-corrected chi connectivity index (χ3v) is 2.77. The van der Waals surface area contributed by atoms with Crippen molar-refractivity contribution in [3.63, 3.8) is 0 Å². The predicted molar refractivity (Wildman–Crippen MR) is 54.5 cm³/mol. The van der Waals surface area contributed by atoms with E-state index < -0.39 is 23.5 Å². The van der Waals surface area contributed by atoms with Crippen LogP contribution in [0.3, 0.4) is 0 Å². The molecule has 1 aromatic heterocycles. The van der Waals surface area contributed by atoms with Crippen LogP contribution in [0.25, 0.3) is 0 Å². The van der Waals surface area contributed by atoms with Crippen LogP contribution in [0.15, 0.2) is 23.0 Å². The van der Waals surface area contributed by atoms with Gasteiger partial charge in [0.2, 0.25) is 0 Å². The molecule has 84 valence electrons. The summed E-state index contributed by atoms with van der Waals surface area (Å²) in [4.78, 5) is 3.90. The number of nitrogens with two attached hydrogens (primary N) is 1. The van der Waals surface area contributed by atoms with E-state index in [1.165, 1.54) is 16.8 Å². The third kappa shape index (κ3) is 1.81. The first-order chi connectivity index (χ1) is 7.61. The maximum atomic E-state index is 13.4. The summed E-state index contributed by atoms with van der Waals surface area (Å²) in [7, 11) is 0. The van der Waals surface area contributed by atoms with Gasteiger partial charge in [-0.3, -0.25) is 0 Å². The highest BCUT2D eigenvalue weighted by Crippen LogP contribution is 2.24. The van der Waals surface area contributed by atoms with Gasteiger partial charge in [0, 0.05) is 10.9 Å². The van der Waals surface area contributed by atoms with Crippen molar-refractivity contribution in [1.29, 1.82) is 0 Å². The van der Waals surface area contributed by atoms with Gasteiger partial charge in [-0.15, -0.1) is 11.3 Å². The highest BCUT2D eigenvalue weighted by molar-refractivity contribution is 7.07. The van der Waals surface area contributed by atoms with Crippen LogP contribution in [-0.4, -0.2) is 4.98 Å². The molecule has 16 heavy (non-hydrogen) atoms. The highest BCUT2D eigenvalue weighted by Gasteiger charge is 2.20. The fourth-order valence-corrected chi connectivity index (χ4v) is 1.91. The molecule has 0 aliphatic rings. The van der Waals surface area contributed by atoms with Crippen LogP contribution in [0.4, 0.5) is 13.2 Å². The smallest absolute Gasteiger partial charge is 0.194 e. The SMILES string of the molecule is NC(c1cscn1)c1ccc(F)c(F)c1F. The van der Waals surface area contributed by atoms with Gasteiger partial charge < -0.3 is 5.73 Å². The summed E-state index contributed by atoms with van der Waals surface area (Å²) in [6, 6.07) is 1.08. The van der Waals surface area contributed by atoms with E-state index in [4.69, 9.17) is 5.73 Å². The first-order valence-corrected chi connectivity index (χ1v) is 5.32. The number of thiazole rings is 1. The average molecular weight is 244 g/mol. The highest BCUT2D eigenvalue weighted by atomic mass is 32.1. The van der Waals surface area contributed by atoms with Crippen molar-refractivity contribution in [1.82, 2.24) is 4.98 Å². The van der Waals surface area contributed by atoms with Gasteiger partial charge in [0.05, 0.1) is 17.2 Å². The van der Waals surface area contributed by atoms with Gasteiger partial charge in [0.15, 0.2) is 17.5 Å². The molecular weight excluding hydrogens is 237 g/mol. The van der Waals surface area contributed by atoms with Crippen LogP contribution in [0.2, 0.25) is 0 Å². The average Bonchev–Trinajstić information content (AvgIpc) is 2.79. The molecule has 0 saturated heterocycles. The van der Waals surface area contributed by atoms with Gasteiger partial charge in [-0.25, -0.2) is 18.2 Å². The maximum absolute atomic E-state index is 13.4. The molecular formula is C10H7F3N2S. The normalized spacial score (nSPS) is 12.8. The Morgan fingerprint density at radius 3 is 2.56 bits per heavy atom. The first-order valence-electron chi connectivity index (χ1n) is 4.38. The molecule has 0 aliphatic carbocycles.